The minimum absolute atomic E-state index is 0.244. The van der Waals surface area contributed by atoms with Gasteiger partial charge in [-0.25, -0.2) is 0 Å². The van der Waals surface area contributed by atoms with Gasteiger partial charge in [0.05, 0.1) is 16.3 Å². The highest BCUT2D eigenvalue weighted by molar-refractivity contribution is 7.68. The van der Waals surface area contributed by atoms with Crippen LogP contribution in [0.25, 0.3) is 44.5 Å². The van der Waals surface area contributed by atoms with E-state index in [1.807, 2.05) is 0 Å². The molecule has 0 saturated carbocycles. The van der Waals surface area contributed by atoms with Gasteiger partial charge in [0.1, 0.15) is 12.2 Å². The Bertz CT molecular complexity index is 2670. The number of fused-ring (bicyclic) bond motifs is 6. The molecule has 60 heavy (non-hydrogen) atoms. The van der Waals surface area contributed by atoms with E-state index in [1.165, 1.54) is 76.9 Å². The van der Waals surface area contributed by atoms with Crippen molar-refractivity contribution in [3.05, 3.63) is 253 Å². The molecule has 11 rings (SSSR count). The maximum absolute atomic E-state index is 7.48. The van der Waals surface area contributed by atoms with E-state index >= 15 is 0 Å². The second-order valence-corrected chi connectivity index (χ2v) is 18.9. The highest BCUT2D eigenvalue weighted by Gasteiger charge is 2.37. The van der Waals surface area contributed by atoms with Crippen LogP contribution < -0.4 is 21.2 Å². The highest BCUT2D eigenvalue weighted by atomic mass is 31.1. The summed E-state index contributed by atoms with van der Waals surface area (Å²) in [6.07, 6.45) is -0.489. The maximum Gasteiger partial charge on any atom is 0.114 e. The van der Waals surface area contributed by atoms with Crippen LogP contribution in [-0.4, -0.2) is 0 Å². The van der Waals surface area contributed by atoms with E-state index in [9.17, 15) is 0 Å². The molecule has 0 spiro atoms. The van der Waals surface area contributed by atoms with Gasteiger partial charge in [-0.3, -0.25) is 0 Å². The van der Waals surface area contributed by atoms with Crippen molar-refractivity contribution in [3.63, 3.8) is 0 Å². The molecule has 0 aromatic heterocycles. The lowest BCUT2D eigenvalue weighted by Gasteiger charge is -2.26. The molecule has 0 fully saturated rings. The van der Waals surface area contributed by atoms with Crippen molar-refractivity contribution in [1.82, 2.24) is 0 Å². The predicted octanol–water partition coefficient (Wildman–Crippen LogP) is 13.3. The summed E-state index contributed by atoms with van der Waals surface area (Å²) in [6, 6.07) is 83.0. The summed E-state index contributed by atoms with van der Waals surface area (Å²) in [7, 11) is -2.24. The topological polar surface area (TPSA) is 18.5 Å². The second kappa shape index (κ2) is 16.1. The third-order valence-corrected chi connectivity index (χ3v) is 15.6. The average Bonchev–Trinajstić information content (AvgIpc) is 3.83. The molecule has 286 valence electrons. The normalized spacial score (nSPS) is 14.8. The molecule has 0 saturated heterocycles. The molecule has 9 aromatic carbocycles. The maximum atomic E-state index is 7.48. The third-order valence-electron chi connectivity index (χ3n) is 11.7. The van der Waals surface area contributed by atoms with Gasteiger partial charge in [0.25, 0.3) is 0 Å². The lowest BCUT2D eigenvalue weighted by molar-refractivity contribution is 0.290. The Morgan fingerprint density at radius 1 is 0.267 bits per heavy atom. The van der Waals surface area contributed by atoms with Gasteiger partial charge < -0.3 is 9.05 Å². The van der Waals surface area contributed by atoms with Crippen molar-refractivity contribution in [2.24, 2.45) is 0 Å². The molecule has 2 atom stereocenters. The SMILES string of the molecule is c1ccc(P(OC2c3ccccc3-c3cccc(-c4cccc(-c5cccc6c5C(OP(c5ccccc5)c5ccccc5)c5ccccc5-6)c4)c32)c2ccccc2)cc1. The summed E-state index contributed by atoms with van der Waals surface area (Å²) in [5, 5.41) is 4.79. The highest BCUT2D eigenvalue weighted by Crippen LogP contribution is 2.56. The van der Waals surface area contributed by atoms with Crippen molar-refractivity contribution in [1.29, 1.82) is 0 Å². The zero-order chi connectivity index (χ0) is 39.8. The molecule has 0 radical (unpaired) electrons. The number of hydrogen-bond acceptors (Lipinski definition) is 2. The van der Waals surface area contributed by atoms with Gasteiger partial charge >= 0.3 is 0 Å². The first-order valence-electron chi connectivity index (χ1n) is 20.5. The van der Waals surface area contributed by atoms with E-state index in [1.54, 1.807) is 0 Å². The molecular weight excluding hydrogens is 767 g/mol. The van der Waals surface area contributed by atoms with E-state index in [0.717, 1.165) is 11.1 Å². The summed E-state index contributed by atoms with van der Waals surface area (Å²) in [4.78, 5) is 0. The molecule has 0 aliphatic heterocycles. The first kappa shape index (κ1) is 36.8. The fourth-order valence-electron chi connectivity index (χ4n) is 9.00. The van der Waals surface area contributed by atoms with E-state index in [2.05, 4.69) is 231 Å². The second-order valence-electron chi connectivity index (χ2n) is 15.2. The van der Waals surface area contributed by atoms with Gasteiger partial charge in [-0.05, 0) is 61.7 Å². The van der Waals surface area contributed by atoms with Crippen LogP contribution in [-0.2, 0) is 9.05 Å². The summed E-state index contributed by atoms with van der Waals surface area (Å²) < 4.78 is 15.0. The lowest BCUT2D eigenvalue weighted by atomic mass is 9.90. The minimum Gasteiger partial charge on any atom is -0.337 e. The Hall–Kier alpha value is -6.24. The van der Waals surface area contributed by atoms with Crippen LogP contribution >= 0.6 is 16.3 Å². The van der Waals surface area contributed by atoms with E-state index < -0.39 is 16.3 Å². The lowest BCUT2D eigenvalue weighted by Crippen LogP contribution is -2.16. The molecule has 9 aromatic rings. The summed E-state index contributed by atoms with van der Waals surface area (Å²) in [5.41, 5.74) is 14.5. The molecule has 0 heterocycles. The quantitative estimate of drug-likeness (QED) is 0.128. The Labute approximate surface area is 354 Å². The zero-order valence-electron chi connectivity index (χ0n) is 32.8. The van der Waals surface area contributed by atoms with Gasteiger partial charge in [0.2, 0.25) is 0 Å². The Balaban J connectivity index is 1.03. The molecule has 4 heteroatoms. The van der Waals surface area contributed by atoms with Gasteiger partial charge in [0.15, 0.2) is 0 Å². The summed E-state index contributed by atoms with van der Waals surface area (Å²) in [6.45, 7) is 0. The fourth-order valence-corrected chi connectivity index (χ4v) is 12.7. The van der Waals surface area contributed by atoms with Crippen molar-refractivity contribution < 1.29 is 9.05 Å². The average molecular weight is 807 g/mol. The largest absolute Gasteiger partial charge is 0.337 e. The van der Waals surface area contributed by atoms with Crippen molar-refractivity contribution in [3.8, 4) is 44.5 Å². The van der Waals surface area contributed by atoms with Crippen LogP contribution in [0.5, 0.6) is 0 Å². The van der Waals surface area contributed by atoms with E-state index in [4.69, 9.17) is 9.05 Å². The van der Waals surface area contributed by atoms with Crippen LogP contribution in [0.1, 0.15) is 34.5 Å². The van der Waals surface area contributed by atoms with E-state index in [0.29, 0.717) is 0 Å². The molecule has 0 amide bonds. The molecular formula is C56H40O2P2. The Morgan fingerprint density at radius 2 is 0.567 bits per heavy atom. The van der Waals surface area contributed by atoms with Crippen LogP contribution in [0.2, 0.25) is 0 Å². The molecule has 2 nitrogen and oxygen atoms in total. The standard InChI is InChI=1S/C56H40O2P2/c1-5-22-41(23-6-1)59(42-24-7-2-8-25-42)57-55-51-32-15-13-30-47(51)49-36-18-34-45(53(49)55)39-20-17-21-40(38-39)46-35-19-37-50-48-31-14-16-33-52(48)56(54(46)50)58-60(43-26-9-3-10-27-43)44-28-11-4-12-29-44/h1-38,55-56H. The van der Waals surface area contributed by atoms with Gasteiger partial charge in [0, 0.05) is 32.3 Å². The zero-order valence-corrected chi connectivity index (χ0v) is 34.6. The predicted molar refractivity (Wildman–Crippen MR) is 252 cm³/mol. The smallest absolute Gasteiger partial charge is 0.114 e. The van der Waals surface area contributed by atoms with E-state index in [-0.39, 0.29) is 12.2 Å². The summed E-state index contributed by atoms with van der Waals surface area (Å²) in [5.74, 6) is 0. The molecule has 0 bridgehead atoms. The molecule has 2 unspecified atom stereocenters. The van der Waals surface area contributed by atoms with Crippen LogP contribution in [0.15, 0.2) is 231 Å². The van der Waals surface area contributed by atoms with Crippen LogP contribution in [0, 0.1) is 0 Å². The van der Waals surface area contributed by atoms with Crippen molar-refractivity contribution in [2.45, 2.75) is 12.2 Å². The monoisotopic (exact) mass is 806 g/mol. The Kier molecular flexibility index (Phi) is 9.86. The van der Waals surface area contributed by atoms with Gasteiger partial charge in [-0.15, -0.1) is 0 Å². The molecule has 2 aliphatic rings. The van der Waals surface area contributed by atoms with Gasteiger partial charge in [-0.2, -0.15) is 0 Å². The molecule has 2 aliphatic carbocycles. The van der Waals surface area contributed by atoms with Crippen molar-refractivity contribution >= 4 is 37.5 Å². The van der Waals surface area contributed by atoms with Crippen LogP contribution in [0.4, 0.5) is 0 Å². The Morgan fingerprint density at radius 3 is 0.950 bits per heavy atom. The van der Waals surface area contributed by atoms with Crippen molar-refractivity contribution in [2.75, 3.05) is 0 Å². The molecule has 0 N–H and O–H groups in total. The van der Waals surface area contributed by atoms with Crippen LogP contribution in [0.3, 0.4) is 0 Å². The minimum atomic E-state index is -1.12. The van der Waals surface area contributed by atoms with Gasteiger partial charge in [-0.1, -0.05) is 224 Å². The fraction of sp³-hybridized carbons (Fsp3) is 0.0357. The first-order valence-corrected chi connectivity index (χ1v) is 23.0. The first-order chi connectivity index (χ1) is 29.8. The number of benzene rings is 9. The third kappa shape index (κ3) is 6.64. The number of rotatable bonds is 10. The summed E-state index contributed by atoms with van der Waals surface area (Å²) >= 11 is 0. The number of hydrogen-bond donors (Lipinski definition) is 0.